The number of aliphatic hydroxyl groups is 1. The van der Waals surface area contributed by atoms with Gasteiger partial charge in [-0.15, -0.1) is 0 Å². The molecule has 0 fully saturated rings. The zero-order chi connectivity index (χ0) is 29.6. The minimum absolute atomic E-state index is 0.310. The van der Waals surface area contributed by atoms with E-state index in [1.165, 1.54) is 6.08 Å². The molecule has 0 amide bonds. The first-order valence-electron chi connectivity index (χ1n) is 14.0. The van der Waals surface area contributed by atoms with Crippen LogP contribution in [0.5, 0.6) is 0 Å². The molecule has 0 aromatic rings. The van der Waals surface area contributed by atoms with Crippen LogP contribution in [0.1, 0.15) is 126 Å². The van der Waals surface area contributed by atoms with Crippen LogP contribution in [-0.4, -0.2) is 50.7 Å². The molecule has 0 aliphatic carbocycles. The zero-order valence-electron chi connectivity index (χ0n) is 24.9. The van der Waals surface area contributed by atoms with E-state index in [0.717, 1.165) is 44.9 Å². The van der Waals surface area contributed by atoms with Crippen LogP contribution in [0.25, 0.3) is 0 Å². The molecular weight excluding hydrogens is 488 g/mol. The van der Waals surface area contributed by atoms with Crippen molar-refractivity contribution >= 4 is 23.7 Å². The van der Waals surface area contributed by atoms with Gasteiger partial charge in [0.05, 0.1) is 6.42 Å². The number of carboxylic acid groups (broad SMARTS) is 1. The Labute approximate surface area is 229 Å². The van der Waals surface area contributed by atoms with Crippen molar-refractivity contribution in [3.63, 3.8) is 0 Å². The average molecular weight is 541 g/mol. The van der Waals surface area contributed by atoms with E-state index in [9.17, 15) is 29.4 Å². The maximum absolute atomic E-state index is 12.9. The first kappa shape index (κ1) is 35.8. The molecular formula is C30H52O8. The van der Waals surface area contributed by atoms with Crippen LogP contribution in [0.15, 0.2) is 12.2 Å². The number of unbranched alkanes of at least 4 members (excludes halogenated alkanes) is 5. The summed E-state index contributed by atoms with van der Waals surface area (Å²) in [6.07, 6.45) is 10.3. The van der Waals surface area contributed by atoms with Gasteiger partial charge in [0, 0.05) is 12.8 Å². The van der Waals surface area contributed by atoms with Crippen LogP contribution >= 0.6 is 0 Å². The number of rotatable bonds is 18. The fraction of sp³-hybridized carbons (Fsp3) is 0.800. The standard InChI is InChI=1S/C30H52O8/c1-22(2)17-15-16-19-23(31)18-13-11-9-10-12-14-20-24(26(33)34)30(36,27(35)38-29(6,7)8)21-25(32)37-28(3,4)5/h14,20,22,24,36H,9-13,15-19,21H2,1-8H3,(H,33,34)/b20-14+/t24-,30+/m1/s1. The predicted molar refractivity (Wildman–Crippen MR) is 148 cm³/mol. The van der Waals surface area contributed by atoms with E-state index < -0.39 is 47.0 Å². The molecule has 0 spiro atoms. The highest BCUT2D eigenvalue weighted by atomic mass is 16.6. The van der Waals surface area contributed by atoms with Crippen molar-refractivity contribution in [3.8, 4) is 0 Å². The summed E-state index contributed by atoms with van der Waals surface area (Å²) < 4.78 is 10.5. The highest BCUT2D eigenvalue weighted by Crippen LogP contribution is 2.29. The normalized spacial score (nSPS) is 14.8. The molecule has 0 aromatic carbocycles. The zero-order valence-corrected chi connectivity index (χ0v) is 24.9. The lowest BCUT2D eigenvalue weighted by atomic mass is 9.83. The molecule has 38 heavy (non-hydrogen) atoms. The number of carbonyl (C=O) groups is 4. The summed E-state index contributed by atoms with van der Waals surface area (Å²) >= 11 is 0. The minimum Gasteiger partial charge on any atom is -0.481 e. The number of aliphatic carboxylic acids is 1. The Hall–Kier alpha value is -2.22. The van der Waals surface area contributed by atoms with Crippen LogP contribution in [0.3, 0.4) is 0 Å². The van der Waals surface area contributed by atoms with Crippen molar-refractivity contribution in [2.45, 2.75) is 143 Å². The monoisotopic (exact) mass is 540 g/mol. The predicted octanol–water partition coefficient (Wildman–Crippen LogP) is 6.17. The van der Waals surface area contributed by atoms with Gasteiger partial charge in [-0.25, -0.2) is 4.79 Å². The summed E-state index contributed by atoms with van der Waals surface area (Å²) in [5.74, 6) is -4.27. The van der Waals surface area contributed by atoms with Crippen LogP contribution in [-0.2, 0) is 28.7 Å². The third-order valence-corrected chi connectivity index (χ3v) is 5.76. The molecule has 0 heterocycles. The number of Topliss-reactive ketones (excluding diaryl/α,β-unsaturated/α-hetero) is 1. The molecule has 0 aromatic heterocycles. The Kier molecular flexibility index (Phi) is 15.7. The molecule has 0 aliphatic heterocycles. The quantitative estimate of drug-likeness (QED) is 0.120. The number of carboxylic acids is 1. The lowest BCUT2D eigenvalue weighted by Crippen LogP contribution is -2.53. The van der Waals surface area contributed by atoms with Gasteiger partial charge in [-0.3, -0.25) is 14.4 Å². The second-order valence-electron chi connectivity index (χ2n) is 12.6. The number of hydrogen-bond donors (Lipinski definition) is 2. The molecule has 0 radical (unpaired) electrons. The summed E-state index contributed by atoms with van der Waals surface area (Å²) in [6.45, 7) is 14.0. The smallest absolute Gasteiger partial charge is 0.340 e. The highest BCUT2D eigenvalue weighted by Gasteiger charge is 2.51. The van der Waals surface area contributed by atoms with Crippen molar-refractivity contribution in [1.82, 2.24) is 0 Å². The molecule has 0 bridgehead atoms. The van der Waals surface area contributed by atoms with Gasteiger partial charge in [0.1, 0.15) is 22.9 Å². The van der Waals surface area contributed by atoms with Crippen LogP contribution < -0.4 is 0 Å². The fourth-order valence-corrected chi connectivity index (χ4v) is 3.89. The van der Waals surface area contributed by atoms with Crippen LogP contribution in [0, 0.1) is 11.8 Å². The van der Waals surface area contributed by atoms with E-state index in [1.54, 1.807) is 47.6 Å². The van der Waals surface area contributed by atoms with Crippen molar-refractivity contribution < 1.29 is 38.9 Å². The molecule has 0 rings (SSSR count). The van der Waals surface area contributed by atoms with E-state index in [-0.39, 0.29) is 0 Å². The molecule has 2 N–H and O–H groups in total. The van der Waals surface area contributed by atoms with Gasteiger partial charge >= 0.3 is 17.9 Å². The van der Waals surface area contributed by atoms with Gasteiger partial charge in [-0.1, -0.05) is 51.7 Å². The van der Waals surface area contributed by atoms with E-state index in [1.807, 2.05) is 0 Å². The largest absolute Gasteiger partial charge is 0.481 e. The maximum Gasteiger partial charge on any atom is 0.340 e. The van der Waals surface area contributed by atoms with Crippen LogP contribution in [0.4, 0.5) is 0 Å². The first-order valence-corrected chi connectivity index (χ1v) is 14.0. The summed E-state index contributed by atoms with van der Waals surface area (Å²) in [5.41, 5.74) is -4.51. The molecule has 8 heteroatoms. The lowest BCUT2D eigenvalue weighted by molar-refractivity contribution is -0.192. The van der Waals surface area contributed by atoms with E-state index in [0.29, 0.717) is 31.0 Å². The Morgan fingerprint density at radius 1 is 0.789 bits per heavy atom. The number of esters is 2. The second kappa shape index (κ2) is 16.7. The van der Waals surface area contributed by atoms with Gasteiger partial charge < -0.3 is 19.7 Å². The number of ketones is 1. The number of carbonyl (C=O) groups excluding carboxylic acids is 3. The summed E-state index contributed by atoms with van der Waals surface area (Å²) in [7, 11) is 0. The third-order valence-electron chi connectivity index (χ3n) is 5.76. The molecule has 0 saturated carbocycles. The van der Waals surface area contributed by atoms with Gasteiger partial charge in [-0.05, 0) is 73.1 Å². The van der Waals surface area contributed by atoms with E-state index >= 15 is 0 Å². The SMILES string of the molecule is CC(C)CCCCC(=O)CCCCCC/C=C/[C@H](C(=O)O)[C@@](O)(CC(=O)OC(C)(C)C)C(=O)OC(C)(C)C. The second-order valence-corrected chi connectivity index (χ2v) is 12.6. The highest BCUT2D eigenvalue weighted by molar-refractivity contribution is 5.92. The molecule has 2 atom stereocenters. The number of ether oxygens (including phenoxy) is 2. The Morgan fingerprint density at radius 3 is 1.82 bits per heavy atom. The van der Waals surface area contributed by atoms with Crippen molar-refractivity contribution in [2.24, 2.45) is 11.8 Å². The molecule has 0 unspecified atom stereocenters. The number of allylic oxidation sites excluding steroid dienone is 1. The lowest BCUT2D eigenvalue weighted by Gasteiger charge is -2.33. The Bertz CT molecular complexity index is 785. The summed E-state index contributed by atoms with van der Waals surface area (Å²) in [4.78, 5) is 49.4. The Balaban J connectivity index is 4.97. The van der Waals surface area contributed by atoms with Crippen molar-refractivity contribution in [1.29, 1.82) is 0 Å². The van der Waals surface area contributed by atoms with Crippen molar-refractivity contribution in [2.75, 3.05) is 0 Å². The Morgan fingerprint density at radius 2 is 1.32 bits per heavy atom. The molecule has 220 valence electrons. The molecule has 8 nitrogen and oxygen atoms in total. The average Bonchev–Trinajstić information content (AvgIpc) is 2.72. The van der Waals surface area contributed by atoms with E-state index in [4.69, 9.17) is 9.47 Å². The van der Waals surface area contributed by atoms with E-state index in [2.05, 4.69) is 13.8 Å². The van der Waals surface area contributed by atoms with Crippen LogP contribution in [0.2, 0.25) is 0 Å². The number of hydrogen-bond acceptors (Lipinski definition) is 7. The van der Waals surface area contributed by atoms with Gasteiger partial charge in [0.15, 0.2) is 5.60 Å². The molecule has 0 aliphatic rings. The fourth-order valence-electron chi connectivity index (χ4n) is 3.89. The topological polar surface area (TPSA) is 127 Å². The summed E-state index contributed by atoms with van der Waals surface area (Å²) in [6, 6.07) is 0. The van der Waals surface area contributed by atoms with Gasteiger partial charge in [0.2, 0.25) is 0 Å². The third kappa shape index (κ3) is 16.6. The van der Waals surface area contributed by atoms with Gasteiger partial charge in [0.25, 0.3) is 0 Å². The minimum atomic E-state index is -2.63. The first-order chi connectivity index (χ1) is 17.4. The molecule has 0 saturated heterocycles. The van der Waals surface area contributed by atoms with Crippen molar-refractivity contribution in [3.05, 3.63) is 12.2 Å². The van der Waals surface area contributed by atoms with Gasteiger partial charge in [-0.2, -0.15) is 0 Å². The summed E-state index contributed by atoms with van der Waals surface area (Å²) in [5, 5.41) is 21.1. The maximum atomic E-state index is 12.9.